The van der Waals surface area contributed by atoms with Crippen molar-refractivity contribution in [1.82, 2.24) is 10.2 Å². The van der Waals surface area contributed by atoms with E-state index in [1.165, 1.54) is 12.1 Å². The van der Waals surface area contributed by atoms with E-state index >= 15 is 0 Å². The van der Waals surface area contributed by atoms with Crippen LogP contribution in [0.2, 0.25) is 10.0 Å². The first-order chi connectivity index (χ1) is 18.1. The number of benzene rings is 3. The van der Waals surface area contributed by atoms with Crippen molar-refractivity contribution in [1.29, 1.82) is 0 Å². The zero-order valence-electron chi connectivity index (χ0n) is 20.4. The van der Waals surface area contributed by atoms with Crippen molar-refractivity contribution >= 4 is 44.8 Å². The number of likely N-dealkylation sites (tertiary alicyclic amines) is 1. The Labute approximate surface area is 232 Å². The largest absolute Gasteiger partial charge is 0.394 e. The van der Waals surface area contributed by atoms with Crippen LogP contribution in [0, 0.1) is 5.92 Å². The molecule has 1 aliphatic rings. The van der Waals surface area contributed by atoms with E-state index in [1.54, 1.807) is 12.1 Å². The molecule has 1 amide bonds. The zero-order chi connectivity index (χ0) is 27.3. The number of aliphatic hydroxyl groups excluding tert-OH is 2. The van der Waals surface area contributed by atoms with Gasteiger partial charge in [0, 0.05) is 46.8 Å². The zero-order valence-corrected chi connectivity index (χ0v) is 22.8. The van der Waals surface area contributed by atoms with Crippen molar-refractivity contribution in [2.75, 3.05) is 36.7 Å². The van der Waals surface area contributed by atoms with Crippen LogP contribution in [0.25, 0.3) is 0 Å². The molecule has 1 unspecified atom stereocenters. The highest BCUT2D eigenvalue weighted by atomic mass is 35.5. The lowest BCUT2D eigenvalue weighted by atomic mass is 9.91. The van der Waals surface area contributed by atoms with Crippen molar-refractivity contribution < 1.29 is 23.4 Å². The van der Waals surface area contributed by atoms with Crippen LogP contribution in [-0.2, 0) is 10.0 Å². The van der Waals surface area contributed by atoms with Gasteiger partial charge >= 0.3 is 0 Å². The molecule has 202 valence electrons. The van der Waals surface area contributed by atoms with Gasteiger partial charge in [0.15, 0.2) is 0 Å². The Kier molecular flexibility index (Phi) is 9.30. The number of carbonyl (C=O) groups excluding carboxylic acids is 1. The number of nitrogens with one attached hydrogen (secondary N) is 2. The van der Waals surface area contributed by atoms with Gasteiger partial charge in [-0.15, -0.1) is 0 Å². The first kappa shape index (κ1) is 28.4. The lowest BCUT2D eigenvalue weighted by molar-refractivity contribution is 0.0802. The van der Waals surface area contributed by atoms with Crippen LogP contribution < -0.4 is 10.0 Å². The fraction of sp³-hybridized carbons (Fsp3) is 0.296. The third kappa shape index (κ3) is 7.47. The Morgan fingerprint density at radius 2 is 1.55 bits per heavy atom. The Hall–Kier alpha value is -2.66. The molecule has 4 rings (SSSR count). The quantitative estimate of drug-likeness (QED) is 0.277. The molecule has 38 heavy (non-hydrogen) atoms. The van der Waals surface area contributed by atoms with Crippen LogP contribution in [0.3, 0.4) is 0 Å². The van der Waals surface area contributed by atoms with Crippen molar-refractivity contribution in [3.05, 3.63) is 99.5 Å². The van der Waals surface area contributed by atoms with Gasteiger partial charge in [0.05, 0.1) is 24.5 Å². The average molecular weight is 579 g/mol. The Morgan fingerprint density at radius 1 is 0.974 bits per heavy atom. The standard InChI is InChI=1S/C27H29Cl2N3O5S/c28-22-8-4-19(5-9-22)26(20-6-10-23(29)11-7-20)32-14-18(15-32)17-38(36,37)31-24-3-1-2-21(12-24)27(35)30-13-25(34)16-33/h1-12,18,25-26,31,33-34H,13-17H2,(H,30,35). The SMILES string of the molecule is O=C(NCC(O)CO)c1cccc(NS(=O)(=O)CC2CN(C(c3ccc(Cl)cc3)c3ccc(Cl)cc3)C2)c1. The minimum Gasteiger partial charge on any atom is -0.394 e. The molecule has 3 aromatic rings. The van der Waals surface area contributed by atoms with E-state index in [9.17, 15) is 18.3 Å². The Bertz CT molecular complexity index is 1300. The van der Waals surface area contributed by atoms with Crippen molar-refractivity contribution in [2.45, 2.75) is 12.1 Å². The van der Waals surface area contributed by atoms with Crippen LogP contribution in [0.5, 0.6) is 0 Å². The summed E-state index contributed by atoms with van der Waals surface area (Å²) in [5.74, 6) is -0.610. The van der Waals surface area contributed by atoms with E-state index < -0.39 is 28.6 Å². The molecule has 0 aromatic heterocycles. The van der Waals surface area contributed by atoms with Crippen molar-refractivity contribution in [3.8, 4) is 0 Å². The summed E-state index contributed by atoms with van der Waals surface area (Å²) in [4.78, 5) is 14.5. The van der Waals surface area contributed by atoms with E-state index in [0.29, 0.717) is 23.1 Å². The molecule has 0 radical (unpaired) electrons. The predicted molar refractivity (Wildman–Crippen MR) is 149 cm³/mol. The summed E-state index contributed by atoms with van der Waals surface area (Å²) < 4.78 is 28.4. The Balaban J connectivity index is 1.39. The van der Waals surface area contributed by atoms with Crippen LogP contribution in [0.15, 0.2) is 72.8 Å². The molecule has 1 atom stereocenters. The number of halogens is 2. The minimum atomic E-state index is -3.67. The number of aliphatic hydroxyl groups is 2. The summed E-state index contributed by atoms with van der Waals surface area (Å²) in [7, 11) is -3.67. The van der Waals surface area contributed by atoms with Gasteiger partial charge in [-0.05, 0) is 53.6 Å². The molecule has 1 aliphatic heterocycles. The van der Waals surface area contributed by atoms with Crippen molar-refractivity contribution in [2.24, 2.45) is 5.92 Å². The van der Waals surface area contributed by atoms with Gasteiger partial charge in [0.1, 0.15) is 0 Å². The van der Waals surface area contributed by atoms with Crippen LogP contribution in [0.4, 0.5) is 5.69 Å². The maximum Gasteiger partial charge on any atom is 0.251 e. The van der Waals surface area contributed by atoms with E-state index in [2.05, 4.69) is 14.9 Å². The van der Waals surface area contributed by atoms with E-state index in [0.717, 1.165) is 11.1 Å². The molecule has 11 heteroatoms. The maximum atomic E-state index is 12.9. The van der Waals surface area contributed by atoms with Gasteiger partial charge in [-0.3, -0.25) is 14.4 Å². The fourth-order valence-corrected chi connectivity index (χ4v) is 6.12. The molecule has 1 fully saturated rings. The highest BCUT2D eigenvalue weighted by Crippen LogP contribution is 2.35. The van der Waals surface area contributed by atoms with E-state index in [4.69, 9.17) is 28.3 Å². The number of nitrogens with zero attached hydrogens (tertiary/aromatic N) is 1. The molecule has 3 aromatic carbocycles. The molecule has 1 heterocycles. The summed E-state index contributed by atoms with van der Waals surface area (Å²) in [6.45, 7) is 0.592. The second-order valence-electron chi connectivity index (χ2n) is 9.34. The highest BCUT2D eigenvalue weighted by Gasteiger charge is 2.36. The number of hydrogen-bond donors (Lipinski definition) is 4. The van der Waals surface area contributed by atoms with E-state index in [1.807, 2.05) is 48.5 Å². The van der Waals surface area contributed by atoms with Crippen LogP contribution in [0.1, 0.15) is 27.5 Å². The first-order valence-electron chi connectivity index (χ1n) is 12.1. The second kappa shape index (κ2) is 12.5. The molecule has 0 bridgehead atoms. The predicted octanol–water partition coefficient (Wildman–Crippen LogP) is 3.54. The molecule has 1 saturated heterocycles. The van der Waals surface area contributed by atoms with Gasteiger partial charge < -0.3 is 15.5 Å². The molecular formula is C27H29Cl2N3O5S. The first-order valence-corrected chi connectivity index (χ1v) is 14.5. The lowest BCUT2D eigenvalue weighted by Crippen LogP contribution is -2.51. The third-order valence-electron chi connectivity index (χ3n) is 6.28. The maximum absolute atomic E-state index is 12.9. The number of hydrogen-bond acceptors (Lipinski definition) is 6. The highest BCUT2D eigenvalue weighted by molar-refractivity contribution is 7.92. The molecule has 8 nitrogen and oxygen atoms in total. The van der Waals surface area contributed by atoms with Crippen LogP contribution >= 0.6 is 23.2 Å². The topological polar surface area (TPSA) is 119 Å². The summed E-state index contributed by atoms with van der Waals surface area (Å²) in [6.07, 6.45) is -1.07. The molecule has 4 N–H and O–H groups in total. The summed E-state index contributed by atoms with van der Waals surface area (Å²) in [5.41, 5.74) is 2.62. The number of rotatable bonds is 11. The number of amides is 1. The molecular weight excluding hydrogens is 549 g/mol. The monoisotopic (exact) mass is 577 g/mol. The van der Waals surface area contributed by atoms with Gasteiger partial charge in [-0.2, -0.15) is 0 Å². The van der Waals surface area contributed by atoms with Gasteiger partial charge in [0.2, 0.25) is 10.0 Å². The normalized spacial score (nSPS) is 15.2. The smallest absolute Gasteiger partial charge is 0.251 e. The number of anilines is 1. The van der Waals surface area contributed by atoms with Gasteiger partial charge in [-0.25, -0.2) is 8.42 Å². The third-order valence-corrected chi connectivity index (χ3v) is 8.25. The summed E-state index contributed by atoms with van der Waals surface area (Å²) in [5, 5.41) is 22.1. The molecule has 0 saturated carbocycles. The number of carbonyl (C=O) groups is 1. The minimum absolute atomic E-state index is 0.0590. The fourth-order valence-electron chi connectivity index (χ4n) is 4.46. The van der Waals surface area contributed by atoms with Gasteiger partial charge in [0.25, 0.3) is 5.91 Å². The lowest BCUT2D eigenvalue weighted by Gasteiger charge is -2.44. The molecule has 0 spiro atoms. The average Bonchev–Trinajstić information content (AvgIpc) is 2.87. The number of sulfonamides is 1. The second-order valence-corrected chi connectivity index (χ2v) is 12.0. The van der Waals surface area contributed by atoms with Crippen molar-refractivity contribution in [3.63, 3.8) is 0 Å². The van der Waals surface area contributed by atoms with Crippen LogP contribution in [-0.4, -0.2) is 67.5 Å². The molecule has 0 aliphatic carbocycles. The summed E-state index contributed by atoms with van der Waals surface area (Å²) in [6, 6.07) is 21.3. The van der Waals surface area contributed by atoms with E-state index in [-0.39, 0.29) is 35.5 Å². The van der Waals surface area contributed by atoms with Gasteiger partial charge in [-0.1, -0.05) is 53.5 Å². The Morgan fingerprint density at radius 3 is 2.11 bits per heavy atom. The summed E-state index contributed by atoms with van der Waals surface area (Å²) >= 11 is 12.2.